The molecule has 0 spiro atoms. The average Bonchev–Trinajstić information content (AvgIpc) is 2.62. The highest BCUT2D eigenvalue weighted by atomic mass is 16.6. The molecular formula is C20H20N2O3. The lowest BCUT2D eigenvalue weighted by molar-refractivity contribution is -0.384. The van der Waals surface area contributed by atoms with Gasteiger partial charge in [0.05, 0.1) is 11.5 Å². The summed E-state index contributed by atoms with van der Waals surface area (Å²) in [4.78, 5) is 12.6. The van der Waals surface area contributed by atoms with E-state index in [9.17, 15) is 10.1 Å². The van der Waals surface area contributed by atoms with Crippen molar-refractivity contribution in [3.05, 3.63) is 81.6 Å². The molecule has 5 nitrogen and oxygen atoms in total. The van der Waals surface area contributed by atoms with Crippen LogP contribution in [0.25, 0.3) is 6.08 Å². The highest BCUT2D eigenvalue weighted by molar-refractivity contribution is 5.67. The fourth-order valence-electron chi connectivity index (χ4n) is 2.90. The highest BCUT2D eigenvalue weighted by Crippen LogP contribution is 2.32. The molecule has 1 aliphatic rings. The average molecular weight is 336 g/mol. The fraction of sp³-hybridized carbons (Fsp3) is 0.200. The first-order chi connectivity index (χ1) is 12.1. The number of fused-ring (bicyclic) bond motifs is 1. The number of likely N-dealkylation sites (N-methyl/N-ethyl adjacent to an activating group) is 1. The van der Waals surface area contributed by atoms with E-state index in [1.165, 1.54) is 11.6 Å². The summed E-state index contributed by atoms with van der Waals surface area (Å²) < 4.78 is 5.56. The molecule has 0 radical (unpaired) electrons. The lowest BCUT2D eigenvalue weighted by atomic mass is 10.0. The van der Waals surface area contributed by atoms with E-state index in [1.54, 1.807) is 12.1 Å². The summed E-state index contributed by atoms with van der Waals surface area (Å²) in [5.41, 5.74) is 4.33. The van der Waals surface area contributed by atoms with Crippen molar-refractivity contribution in [1.82, 2.24) is 0 Å². The minimum Gasteiger partial charge on any atom is -0.494 e. The van der Waals surface area contributed by atoms with Crippen molar-refractivity contribution >= 4 is 17.5 Å². The smallest absolute Gasteiger partial charge is 0.270 e. The third-order valence-corrected chi connectivity index (χ3v) is 4.17. The molecule has 0 saturated carbocycles. The van der Waals surface area contributed by atoms with Crippen molar-refractivity contribution in [1.29, 1.82) is 0 Å². The van der Waals surface area contributed by atoms with Crippen LogP contribution in [0.3, 0.4) is 0 Å². The molecule has 3 rings (SSSR count). The number of allylic oxidation sites excluding steroid dienone is 2. The zero-order valence-electron chi connectivity index (χ0n) is 14.3. The van der Waals surface area contributed by atoms with Crippen LogP contribution in [0, 0.1) is 10.1 Å². The van der Waals surface area contributed by atoms with Crippen LogP contribution in [0.2, 0.25) is 0 Å². The summed E-state index contributed by atoms with van der Waals surface area (Å²) >= 11 is 0. The Labute approximate surface area is 147 Å². The molecule has 0 atom stereocenters. The van der Waals surface area contributed by atoms with Crippen molar-refractivity contribution in [2.45, 2.75) is 13.3 Å². The Hall–Kier alpha value is -3.08. The maximum atomic E-state index is 10.9. The first kappa shape index (κ1) is 16.8. The van der Waals surface area contributed by atoms with Crippen LogP contribution < -0.4 is 9.64 Å². The van der Waals surface area contributed by atoms with Gasteiger partial charge in [0.25, 0.3) is 5.69 Å². The number of nitrogens with zero attached hydrogens (tertiary/aromatic N) is 2. The molecular weight excluding hydrogens is 316 g/mol. The Morgan fingerprint density at radius 2 is 2.08 bits per heavy atom. The van der Waals surface area contributed by atoms with E-state index in [4.69, 9.17) is 4.74 Å². The predicted octanol–water partition coefficient (Wildman–Crippen LogP) is 4.58. The molecule has 2 aromatic rings. The van der Waals surface area contributed by atoms with Crippen molar-refractivity contribution < 1.29 is 9.66 Å². The number of ether oxygens (including phenoxy) is 1. The summed E-state index contributed by atoms with van der Waals surface area (Å²) in [5.74, 6) is 0.888. The van der Waals surface area contributed by atoms with Gasteiger partial charge in [-0.2, -0.15) is 0 Å². The van der Waals surface area contributed by atoms with Gasteiger partial charge in [0, 0.05) is 30.6 Å². The number of nitro benzene ring substituents is 1. The normalized spacial score (nSPS) is 13.5. The van der Waals surface area contributed by atoms with Gasteiger partial charge < -0.3 is 9.64 Å². The van der Waals surface area contributed by atoms with Gasteiger partial charge in [-0.1, -0.05) is 24.3 Å². The summed E-state index contributed by atoms with van der Waals surface area (Å²) in [7, 11) is 2.02. The van der Waals surface area contributed by atoms with Gasteiger partial charge in [0.1, 0.15) is 5.75 Å². The second-order valence-electron chi connectivity index (χ2n) is 5.80. The molecule has 2 aromatic carbocycles. The predicted molar refractivity (Wildman–Crippen MR) is 99.9 cm³/mol. The number of hydrogen-bond acceptors (Lipinski definition) is 4. The largest absolute Gasteiger partial charge is 0.494 e. The number of non-ortho nitro benzene ring substituents is 1. The Morgan fingerprint density at radius 3 is 2.84 bits per heavy atom. The number of anilines is 1. The maximum Gasteiger partial charge on any atom is 0.270 e. The SMILES string of the molecule is CCOc1ccc2c(c1)CC=C(C=Cc1cccc([N+](=O)[O-])c1)N2C. The molecule has 25 heavy (non-hydrogen) atoms. The van der Waals surface area contributed by atoms with E-state index in [0.29, 0.717) is 6.61 Å². The van der Waals surface area contributed by atoms with E-state index in [1.807, 2.05) is 38.3 Å². The molecule has 1 aliphatic heterocycles. The third kappa shape index (κ3) is 3.71. The van der Waals surface area contributed by atoms with Crippen LogP contribution in [0.15, 0.2) is 60.3 Å². The highest BCUT2D eigenvalue weighted by Gasteiger charge is 2.15. The lowest BCUT2D eigenvalue weighted by Crippen LogP contribution is -2.20. The topological polar surface area (TPSA) is 55.6 Å². The van der Waals surface area contributed by atoms with Gasteiger partial charge in [-0.05, 0) is 48.7 Å². The van der Waals surface area contributed by atoms with E-state index in [0.717, 1.165) is 29.1 Å². The maximum absolute atomic E-state index is 10.9. The Morgan fingerprint density at radius 1 is 1.24 bits per heavy atom. The molecule has 0 saturated heterocycles. The first-order valence-electron chi connectivity index (χ1n) is 8.20. The van der Waals surface area contributed by atoms with Gasteiger partial charge in [-0.15, -0.1) is 0 Å². The Bertz CT molecular complexity index is 856. The minimum absolute atomic E-state index is 0.0990. The molecule has 0 fully saturated rings. The summed E-state index contributed by atoms with van der Waals surface area (Å²) in [6.45, 7) is 2.63. The molecule has 0 amide bonds. The second kappa shape index (κ2) is 7.21. The summed E-state index contributed by atoms with van der Waals surface area (Å²) in [6.07, 6.45) is 6.86. The zero-order chi connectivity index (χ0) is 17.8. The molecule has 1 heterocycles. The molecule has 5 heteroatoms. The monoisotopic (exact) mass is 336 g/mol. The number of benzene rings is 2. The van der Waals surface area contributed by atoms with Crippen molar-refractivity contribution in [3.8, 4) is 5.75 Å². The van der Waals surface area contributed by atoms with Gasteiger partial charge in [-0.25, -0.2) is 0 Å². The number of rotatable bonds is 5. The summed E-state index contributed by atoms with van der Waals surface area (Å²) in [5, 5.41) is 10.9. The molecule has 0 N–H and O–H groups in total. The van der Waals surface area contributed by atoms with Crippen molar-refractivity contribution in [3.63, 3.8) is 0 Å². The lowest BCUT2D eigenvalue weighted by Gasteiger charge is -2.28. The van der Waals surface area contributed by atoms with E-state index >= 15 is 0 Å². The molecule has 0 aliphatic carbocycles. The molecule has 0 unspecified atom stereocenters. The van der Waals surface area contributed by atoms with Crippen LogP contribution in [-0.2, 0) is 6.42 Å². The van der Waals surface area contributed by atoms with E-state index in [2.05, 4.69) is 23.1 Å². The fourth-order valence-corrected chi connectivity index (χ4v) is 2.90. The molecule has 0 bridgehead atoms. The van der Waals surface area contributed by atoms with Gasteiger partial charge >= 0.3 is 0 Å². The number of hydrogen-bond donors (Lipinski definition) is 0. The number of nitro groups is 1. The first-order valence-corrected chi connectivity index (χ1v) is 8.20. The van der Waals surface area contributed by atoms with Crippen LogP contribution >= 0.6 is 0 Å². The van der Waals surface area contributed by atoms with Crippen LogP contribution in [0.4, 0.5) is 11.4 Å². The van der Waals surface area contributed by atoms with Gasteiger partial charge in [0.2, 0.25) is 0 Å². The van der Waals surface area contributed by atoms with Crippen LogP contribution in [0.1, 0.15) is 18.1 Å². The third-order valence-electron chi connectivity index (χ3n) is 4.17. The van der Waals surface area contributed by atoms with Gasteiger partial charge in [-0.3, -0.25) is 10.1 Å². The quantitative estimate of drug-likeness (QED) is 0.592. The minimum atomic E-state index is -0.379. The summed E-state index contributed by atoms with van der Waals surface area (Å²) in [6, 6.07) is 12.7. The second-order valence-corrected chi connectivity index (χ2v) is 5.80. The Kier molecular flexibility index (Phi) is 4.84. The van der Waals surface area contributed by atoms with Gasteiger partial charge in [0.15, 0.2) is 0 Å². The van der Waals surface area contributed by atoms with E-state index < -0.39 is 0 Å². The van der Waals surface area contributed by atoms with Crippen LogP contribution in [-0.4, -0.2) is 18.6 Å². The Balaban J connectivity index is 1.80. The van der Waals surface area contributed by atoms with Crippen molar-refractivity contribution in [2.75, 3.05) is 18.6 Å². The van der Waals surface area contributed by atoms with Crippen molar-refractivity contribution in [2.24, 2.45) is 0 Å². The zero-order valence-corrected chi connectivity index (χ0v) is 14.3. The molecule has 128 valence electrons. The van der Waals surface area contributed by atoms with E-state index in [-0.39, 0.29) is 10.6 Å². The standard InChI is InChI=1S/C20H20N2O3/c1-3-25-19-11-12-20-16(14-19)8-10-17(21(20)2)9-7-15-5-4-6-18(13-15)22(23)24/h4-7,9-14H,3,8H2,1-2H3. The molecule has 0 aromatic heterocycles. The van der Waals surface area contributed by atoms with Crippen LogP contribution in [0.5, 0.6) is 5.75 Å².